The second kappa shape index (κ2) is 5.61. The normalized spacial score (nSPS) is 25.5. The highest BCUT2D eigenvalue weighted by Gasteiger charge is 2.23. The summed E-state index contributed by atoms with van der Waals surface area (Å²) in [7, 11) is 0. The Balaban J connectivity index is 1.52. The van der Waals surface area contributed by atoms with Crippen molar-refractivity contribution >= 4 is 5.91 Å². The maximum atomic E-state index is 12.0. The SMILES string of the molecule is O=C(CC1CCNC1)NC1COc2ccccc2C1. The highest BCUT2D eigenvalue weighted by atomic mass is 16.5. The van der Waals surface area contributed by atoms with Crippen LogP contribution in [0.15, 0.2) is 24.3 Å². The molecule has 0 saturated carbocycles. The molecular weight excluding hydrogens is 240 g/mol. The van der Waals surface area contributed by atoms with Gasteiger partial charge in [-0.3, -0.25) is 4.79 Å². The van der Waals surface area contributed by atoms with E-state index in [1.165, 1.54) is 5.56 Å². The standard InChI is InChI=1S/C15H20N2O2/c18-15(7-11-5-6-16-9-11)17-13-8-12-3-1-2-4-14(12)19-10-13/h1-4,11,13,16H,5-10H2,(H,17,18). The predicted molar refractivity (Wildman–Crippen MR) is 73.2 cm³/mol. The third-order valence-corrected chi connectivity index (χ3v) is 3.88. The number of nitrogens with one attached hydrogen (secondary N) is 2. The van der Waals surface area contributed by atoms with Crippen LogP contribution >= 0.6 is 0 Å². The zero-order chi connectivity index (χ0) is 13.1. The van der Waals surface area contributed by atoms with Crippen LogP contribution in [0.5, 0.6) is 5.75 Å². The molecule has 4 heteroatoms. The smallest absolute Gasteiger partial charge is 0.220 e. The number of rotatable bonds is 3. The molecule has 4 nitrogen and oxygen atoms in total. The van der Waals surface area contributed by atoms with E-state index >= 15 is 0 Å². The first-order chi connectivity index (χ1) is 9.31. The largest absolute Gasteiger partial charge is 0.491 e. The van der Waals surface area contributed by atoms with E-state index in [-0.39, 0.29) is 11.9 Å². The molecule has 2 unspecified atom stereocenters. The first-order valence-electron chi connectivity index (χ1n) is 7.02. The van der Waals surface area contributed by atoms with Crippen molar-refractivity contribution in [2.24, 2.45) is 5.92 Å². The topological polar surface area (TPSA) is 50.4 Å². The second-order valence-electron chi connectivity index (χ2n) is 5.45. The number of carbonyl (C=O) groups excluding carboxylic acids is 1. The Kier molecular flexibility index (Phi) is 3.69. The number of carbonyl (C=O) groups is 1. The van der Waals surface area contributed by atoms with E-state index in [9.17, 15) is 4.79 Å². The minimum atomic E-state index is 0.108. The molecule has 102 valence electrons. The van der Waals surface area contributed by atoms with E-state index in [1.807, 2.05) is 18.2 Å². The van der Waals surface area contributed by atoms with Gasteiger partial charge >= 0.3 is 0 Å². The summed E-state index contributed by atoms with van der Waals surface area (Å²) < 4.78 is 5.68. The highest BCUT2D eigenvalue weighted by Crippen LogP contribution is 2.24. The van der Waals surface area contributed by atoms with Crippen LogP contribution in [0.25, 0.3) is 0 Å². The molecule has 2 aliphatic heterocycles. The van der Waals surface area contributed by atoms with Gasteiger partial charge in [-0.1, -0.05) is 18.2 Å². The maximum Gasteiger partial charge on any atom is 0.220 e. The van der Waals surface area contributed by atoms with Gasteiger partial charge in [0, 0.05) is 6.42 Å². The minimum Gasteiger partial charge on any atom is -0.491 e. The Morgan fingerprint density at radius 3 is 3.16 bits per heavy atom. The number of ether oxygens (including phenoxy) is 1. The first kappa shape index (κ1) is 12.5. The van der Waals surface area contributed by atoms with Gasteiger partial charge in [0.2, 0.25) is 5.91 Å². The fraction of sp³-hybridized carbons (Fsp3) is 0.533. The molecule has 1 aromatic carbocycles. The van der Waals surface area contributed by atoms with Gasteiger partial charge in [-0.2, -0.15) is 0 Å². The molecule has 2 atom stereocenters. The van der Waals surface area contributed by atoms with Crippen molar-refractivity contribution in [3.8, 4) is 5.75 Å². The van der Waals surface area contributed by atoms with Gasteiger partial charge in [0.25, 0.3) is 0 Å². The van der Waals surface area contributed by atoms with Crippen LogP contribution in [0.1, 0.15) is 18.4 Å². The van der Waals surface area contributed by atoms with Crippen molar-refractivity contribution in [3.63, 3.8) is 0 Å². The molecular formula is C15H20N2O2. The molecule has 1 saturated heterocycles. The predicted octanol–water partition coefficient (Wildman–Crippen LogP) is 1.11. The molecule has 0 aliphatic carbocycles. The molecule has 0 radical (unpaired) electrons. The van der Waals surface area contributed by atoms with Crippen LogP contribution < -0.4 is 15.4 Å². The Labute approximate surface area is 113 Å². The zero-order valence-corrected chi connectivity index (χ0v) is 11.0. The summed E-state index contributed by atoms with van der Waals surface area (Å²) in [6, 6.07) is 8.14. The van der Waals surface area contributed by atoms with Crippen LogP contribution in [0.4, 0.5) is 0 Å². The Hall–Kier alpha value is -1.55. The van der Waals surface area contributed by atoms with Crippen molar-refractivity contribution < 1.29 is 9.53 Å². The van der Waals surface area contributed by atoms with E-state index in [0.29, 0.717) is 18.9 Å². The molecule has 2 heterocycles. The lowest BCUT2D eigenvalue weighted by atomic mass is 10.0. The van der Waals surface area contributed by atoms with Crippen LogP contribution in [0, 0.1) is 5.92 Å². The zero-order valence-electron chi connectivity index (χ0n) is 11.0. The van der Waals surface area contributed by atoms with Gasteiger partial charge in [-0.25, -0.2) is 0 Å². The fourth-order valence-electron chi connectivity index (χ4n) is 2.86. The van der Waals surface area contributed by atoms with Gasteiger partial charge in [-0.05, 0) is 43.5 Å². The lowest BCUT2D eigenvalue weighted by molar-refractivity contribution is -0.122. The summed E-state index contributed by atoms with van der Waals surface area (Å²) >= 11 is 0. The van der Waals surface area contributed by atoms with Gasteiger partial charge in [0.15, 0.2) is 0 Å². The molecule has 0 aromatic heterocycles. The quantitative estimate of drug-likeness (QED) is 0.856. The number of hydrogen-bond acceptors (Lipinski definition) is 3. The third-order valence-electron chi connectivity index (χ3n) is 3.88. The highest BCUT2D eigenvalue weighted by molar-refractivity contribution is 5.76. The number of amides is 1. The number of benzene rings is 1. The molecule has 0 bridgehead atoms. The van der Waals surface area contributed by atoms with Crippen molar-refractivity contribution in [1.29, 1.82) is 0 Å². The van der Waals surface area contributed by atoms with E-state index in [2.05, 4.69) is 16.7 Å². The average molecular weight is 260 g/mol. The minimum absolute atomic E-state index is 0.108. The summed E-state index contributed by atoms with van der Waals surface area (Å²) in [6.45, 7) is 2.58. The summed E-state index contributed by atoms with van der Waals surface area (Å²) in [4.78, 5) is 12.0. The van der Waals surface area contributed by atoms with E-state index in [4.69, 9.17) is 4.74 Å². The lowest BCUT2D eigenvalue weighted by Crippen LogP contribution is -2.43. The van der Waals surface area contributed by atoms with Crippen LogP contribution in [-0.4, -0.2) is 31.6 Å². The van der Waals surface area contributed by atoms with Crippen LogP contribution in [0.2, 0.25) is 0 Å². The Bertz CT molecular complexity index is 455. The Morgan fingerprint density at radius 2 is 2.32 bits per heavy atom. The van der Waals surface area contributed by atoms with Crippen molar-refractivity contribution in [2.75, 3.05) is 19.7 Å². The molecule has 2 aliphatic rings. The van der Waals surface area contributed by atoms with Crippen molar-refractivity contribution in [1.82, 2.24) is 10.6 Å². The summed E-state index contributed by atoms with van der Waals surface area (Å²) in [5.41, 5.74) is 1.18. The molecule has 0 spiro atoms. The third kappa shape index (κ3) is 3.07. The molecule has 1 fully saturated rings. The van der Waals surface area contributed by atoms with Crippen molar-refractivity contribution in [3.05, 3.63) is 29.8 Å². The van der Waals surface area contributed by atoms with Gasteiger partial charge in [0.05, 0.1) is 6.04 Å². The Morgan fingerprint density at radius 1 is 1.42 bits per heavy atom. The number of fused-ring (bicyclic) bond motifs is 1. The monoisotopic (exact) mass is 260 g/mol. The number of hydrogen-bond donors (Lipinski definition) is 2. The molecule has 1 aromatic rings. The summed E-state index contributed by atoms with van der Waals surface area (Å²) in [5, 5.41) is 6.38. The van der Waals surface area contributed by atoms with E-state index in [0.717, 1.165) is 31.7 Å². The van der Waals surface area contributed by atoms with Crippen LogP contribution in [-0.2, 0) is 11.2 Å². The fourth-order valence-corrected chi connectivity index (χ4v) is 2.86. The molecule has 1 amide bonds. The second-order valence-corrected chi connectivity index (χ2v) is 5.45. The molecule has 19 heavy (non-hydrogen) atoms. The lowest BCUT2D eigenvalue weighted by Gasteiger charge is -2.26. The van der Waals surface area contributed by atoms with Gasteiger partial charge in [0.1, 0.15) is 12.4 Å². The summed E-state index contributed by atoms with van der Waals surface area (Å²) in [5.74, 6) is 1.60. The van der Waals surface area contributed by atoms with Gasteiger partial charge in [-0.15, -0.1) is 0 Å². The van der Waals surface area contributed by atoms with Crippen LogP contribution in [0.3, 0.4) is 0 Å². The van der Waals surface area contributed by atoms with Gasteiger partial charge < -0.3 is 15.4 Å². The molecule has 3 rings (SSSR count). The first-order valence-corrected chi connectivity index (χ1v) is 7.02. The van der Waals surface area contributed by atoms with Crippen molar-refractivity contribution in [2.45, 2.75) is 25.3 Å². The van der Waals surface area contributed by atoms with E-state index < -0.39 is 0 Å². The van der Waals surface area contributed by atoms with E-state index in [1.54, 1.807) is 0 Å². The maximum absolute atomic E-state index is 12.0. The molecule has 2 N–H and O–H groups in total. The number of para-hydroxylation sites is 1. The average Bonchev–Trinajstić information content (AvgIpc) is 2.91. The summed E-state index contributed by atoms with van der Waals surface area (Å²) in [6.07, 6.45) is 2.60.